The molecule has 1 aromatic carbocycles. The van der Waals surface area contributed by atoms with E-state index < -0.39 is 11.9 Å². The van der Waals surface area contributed by atoms with Crippen molar-refractivity contribution >= 4 is 11.8 Å². The van der Waals surface area contributed by atoms with Crippen molar-refractivity contribution in [2.45, 2.75) is 19.9 Å². The smallest absolute Gasteiger partial charge is 0.258 e. The van der Waals surface area contributed by atoms with Gasteiger partial charge in [-0.05, 0) is 38.1 Å². The lowest BCUT2D eigenvalue weighted by molar-refractivity contribution is -0.129. The lowest BCUT2D eigenvalue weighted by Gasteiger charge is -2.13. The van der Waals surface area contributed by atoms with Gasteiger partial charge in [-0.3, -0.25) is 9.59 Å². The summed E-state index contributed by atoms with van der Waals surface area (Å²) in [4.78, 5) is 22.9. The second kappa shape index (κ2) is 7.35. The molecule has 0 heterocycles. The fraction of sp³-hybridized carbons (Fsp3) is 0.385. The van der Waals surface area contributed by atoms with Gasteiger partial charge in [0.25, 0.3) is 5.91 Å². The molecule has 6 heteroatoms. The van der Waals surface area contributed by atoms with Crippen LogP contribution < -0.4 is 15.4 Å². The number of likely N-dealkylation sites (N-methyl/N-ethyl adjacent to an activating group) is 1. The average Bonchev–Trinajstić information content (AvgIpc) is 2.38. The number of amides is 2. The molecule has 0 aliphatic heterocycles. The van der Waals surface area contributed by atoms with Gasteiger partial charge in [0.2, 0.25) is 5.91 Å². The van der Waals surface area contributed by atoms with Crippen molar-refractivity contribution in [1.82, 2.24) is 10.6 Å². The monoisotopic (exact) mass is 268 g/mol. The van der Waals surface area contributed by atoms with Gasteiger partial charge in [0.15, 0.2) is 6.61 Å². The van der Waals surface area contributed by atoms with Crippen molar-refractivity contribution in [1.29, 1.82) is 0 Å². The normalized spacial score (nSPS) is 11.5. The molecule has 1 rings (SSSR count). The molecule has 0 saturated carbocycles. The fourth-order valence-electron chi connectivity index (χ4n) is 1.36. The number of nitrogens with one attached hydrogen (secondary N) is 2. The summed E-state index contributed by atoms with van der Waals surface area (Å²) in [6, 6.07) is 4.71. The predicted molar refractivity (Wildman–Crippen MR) is 68.2 cm³/mol. The number of carbonyl (C=O) groups excluding carboxylic acids is 2. The number of rotatable bonds is 6. The van der Waals surface area contributed by atoms with Crippen LogP contribution >= 0.6 is 0 Å². The number of benzene rings is 1. The van der Waals surface area contributed by atoms with Gasteiger partial charge in [-0.1, -0.05) is 0 Å². The highest BCUT2D eigenvalue weighted by Crippen LogP contribution is 2.10. The maximum absolute atomic E-state index is 12.6. The third-order valence-electron chi connectivity index (χ3n) is 2.31. The highest BCUT2D eigenvalue weighted by molar-refractivity contribution is 5.87. The zero-order valence-electron chi connectivity index (χ0n) is 10.9. The molecular formula is C13H17FN2O3. The van der Waals surface area contributed by atoms with Gasteiger partial charge in [-0.15, -0.1) is 0 Å². The maximum Gasteiger partial charge on any atom is 0.258 e. The molecule has 0 fully saturated rings. The van der Waals surface area contributed by atoms with E-state index in [-0.39, 0.29) is 18.3 Å². The minimum absolute atomic E-state index is 0.227. The Balaban J connectivity index is 2.35. The van der Waals surface area contributed by atoms with E-state index in [1.807, 2.05) is 0 Å². The lowest BCUT2D eigenvalue weighted by atomic mass is 10.3. The van der Waals surface area contributed by atoms with Gasteiger partial charge in [0.1, 0.15) is 17.6 Å². The Morgan fingerprint density at radius 1 is 1.32 bits per heavy atom. The molecule has 0 aromatic heterocycles. The van der Waals surface area contributed by atoms with Crippen LogP contribution in [0, 0.1) is 5.82 Å². The standard InChI is InChI=1S/C13H17FN2O3/c1-3-15-13(18)9(2)16-12(17)8-19-11-6-4-10(14)5-7-11/h4-7,9H,3,8H2,1-2H3,(H,15,18)(H,16,17)/t9-/m0/s1. The molecule has 2 amide bonds. The van der Waals surface area contributed by atoms with Crippen molar-refractivity contribution in [3.8, 4) is 5.75 Å². The minimum Gasteiger partial charge on any atom is -0.484 e. The summed E-state index contributed by atoms with van der Waals surface area (Å²) in [7, 11) is 0. The van der Waals surface area contributed by atoms with Gasteiger partial charge in [-0.25, -0.2) is 4.39 Å². The van der Waals surface area contributed by atoms with Crippen LogP contribution in [0.3, 0.4) is 0 Å². The highest BCUT2D eigenvalue weighted by Gasteiger charge is 2.14. The Morgan fingerprint density at radius 2 is 1.95 bits per heavy atom. The molecule has 0 saturated heterocycles. The first-order valence-electron chi connectivity index (χ1n) is 5.98. The molecule has 2 N–H and O–H groups in total. The van der Waals surface area contributed by atoms with Crippen molar-refractivity contribution < 1.29 is 18.7 Å². The Labute approximate surface area is 111 Å². The van der Waals surface area contributed by atoms with Gasteiger partial charge in [-0.2, -0.15) is 0 Å². The number of hydrogen-bond acceptors (Lipinski definition) is 3. The number of ether oxygens (including phenoxy) is 1. The van der Waals surface area contributed by atoms with Crippen LogP contribution in [0.25, 0.3) is 0 Å². The van der Waals surface area contributed by atoms with Crippen molar-refractivity contribution in [3.63, 3.8) is 0 Å². The molecule has 19 heavy (non-hydrogen) atoms. The first kappa shape index (κ1) is 14.9. The van der Waals surface area contributed by atoms with Crippen molar-refractivity contribution in [3.05, 3.63) is 30.1 Å². The van der Waals surface area contributed by atoms with E-state index in [9.17, 15) is 14.0 Å². The third-order valence-corrected chi connectivity index (χ3v) is 2.31. The summed E-state index contributed by atoms with van der Waals surface area (Å²) in [5, 5.41) is 5.09. The van der Waals surface area contributed by atoms with Gasteiger partial charge in [0, 0.05) is 6.54 Å². The minimum atomic E-state index is -0.621. The van der Waals surface area contributed by atoms with E-state index >= 15 is 0 Å². The fourth-order valence-corrected chi connectivity index (χ4v) is 1.36. The highest BCUT2D eigenvalue weighted by atomic mass is 19.1. The Morgan fingerprint density at radius 3 is 2.53 bits per heavy atom. The van der Waals surface area contributed by atoms with Crippen LogP contribution in [0.5, 0.6) is 5.75 Å². The molecular weight excluding hydrogens is 251 g/mol. The second-order valence-electron chi connectivity index (χ2n) is 3.93. The first-order valence-corrected chi connectivity index (χ1v) is 5.98. The number of halogens is 1. The van der Waals surface area contributed by atoms with Crippen LogP contribution in [0.2, 0.25) is 0 Å². The van der Waals surface area contributed by atoms with Crippen molar-refractivity contribution in [2.75, 3.05) is 13.2 Å². The van der Waals surface area contributed by atoms with Crippen molar-refractivity contribution in [2.24, 2.45) is 0 Å². The predicted octanol–water partition coefficient (Wildman–Crippen LogP) is 0.845. The molecule has 0 aliphatic rings. The molecule has 5 nitrogen and oxygen atoms in total. The average molecular weight is 268 g/mol. The van der Waals surface area contributed by atoms with E-state index in [0.29, 0.717) is 12.3 Å². The largest absolute Gasteiger partial charge is 0.484 e. The SMILES string of the molecule is CCNC(=O)[C@H](C)NC(=O)COc1ccc(F)cc1. The quantitative estimate of drug-likeness (QED) is 0.803. The molecule has 0 aliphatic carbocycles. The van der Waals surface area contributed by atoms with E-state index in [0.717, 1.165) is 0 Å². The molecule has 0 unspecified atom stereocenters. The number of hydrogen-bond donors (Lipinski definition) is 2. The van der Waals surface area contributed by atoms with E-state index in [1.54, 1.807) is 13.8 Å². The summed E-state index contributed by atoms with van der Waals surface area (Å²) >= 11 is 0. The molecule has 104 valence electrons. The van der Waals surface area contributed by atoms with Gasteiger partial charge in [0.05, 0.1) is 0 Å². The van der Waals surface area contributed by atoms with Crippen LogP contribution in [-0.2, 0) is 9.59 Å². The Bertz CT molecular complexity index is 434. The summed E-state index contributed by atoms with van der Waals surface area (Å²) in [6.45, 7) is 3.66. The molecule has 1 atom stereocenters. The summed E-state index contributed by atoms with van der Waals surface area (Å²) in [5.74, 6) is -0.649. The second-order valence-corrected chi connectivity index (χ2v) is 3.93. The van der Waals surface area contributed by atoms with E-state index in [2.05, 4.69) is 10.6 Å². The Kier molecular flexibility index (Phi) is 5.78. The zero-order chi connectivity index (χ0) is 14.3. The summed E-state index contributed by atoms with van der Waals surface area (Å²) in [5.41, 5.74) is 0. The van der Waals surface area contributed by atoms with Crippen LogP contribution in [0.1, 0.15) is 13.8 Å². The molecule has 0 radical (unpaired) electrons. The molecule has 1 aromatic rings. The maximum atomic E-state index is 12.6. The lowest BCUT2D eigenvalue weighted by Crippen LogP contribution is -2.46. The van der Waals surface area contributed by atoms with Crippen LogP contribution in [-0.4, -0.2) is 31.0 Å². The van der Waals surface area contributed by atoms with Crippen LogP contribution in [0.15, 0.2) is 24.3 Å². The molecule has 0 spiro atoms. The number of carbonyl (C=O) groups is 2. The third kappa shape index (κ3) is 5.37. The zero-order valence-corrected chi connectivity index (χ0v) is 10.9. The first-order chi connectivity index (χ1) is 9.02. The summed E-state index contributed by atoms with van der Waals surface area (Å²) < 4.78 is 17.8. The molecule has 0 bridgehead atoms. The van der Waals surface area contributed by atoms with E-state index in [1.165, 1.54) is 24.3 Å². The van der Waals surface area contributed by atoms with Gasteiger partial charge < -0.3 is 15.4 Å². The van der Waals surface area contributed by atoms with E-state index in [4.69, 9.17) is 4.74 Å². The Hall–Kier alpha value is -2.11. The summed E-state index contributed by atoms with van der Waals surface area (Å²) in [6.07, 6.45) is 0. The van der Waals surface area contributed by atoms with Crippen LogP contribution in [0.4, 0.5) is 4.39 Å². The van der Waals surface area contributed by atoms with Gasteiger partial charge >= 0.3 is 0 Å². The topological polar surface area (TPSA) is 67.4 Å².